The Hall–Kier alpha value is -1.42. The van der Waals surface area contributed by atoms with Crippen LogP contribution in [0.1, 0.15) is 36.9 Å². The second kappa shape index (κ2) is 6.66. The van der Waals surface area contributed by atoms with Gasteiger partial charge in [0.25, 0.3) is 0 Å². The maximum atomic E-state index is 11.5. The van der Waals surface area contributed by atoms with E-state index in [4.69, 9.17) is 4.74 Å². The van der Waals surface area contributed by atoms with Gasteiger partial charge in [-0.15, -0.1) is 0 Å². The van der Waals surface area contributed by atoms with Gasteiger partial charge in [-0.25, -0.2) is 0 Å². The summed E-state index contributed by atoms with van der Waals surface area (Å²) in [5.74, 6) is -0.116. The van der Waals surface area contributed by atoms with Crippen molar-refractivity contribution in [2.24, 2.45) is 0 Å². The van der Waals surface area contributed by atoms with E-state index in [-0.39, 0.29) is 5.97 Å². The second-order valence-corrected chi connectivity index (χ2v) is 5.17. The van der Waals surface area contributed by atoms with Crippen LogP contribution in [0.2, 0.25) is 0 Å². The molecule has 2 rings (SSSR count). The first-order valence-electron chi connectivity index (χ1n) is 6.92. The highest BCUT2D eigenvalue weighted by molar-refractivity contribution is 5.69. The summed E-state index contributed by atoms with van der Waals surface area (Å²) < 4.78 is 4.79. The molecule has 104 valence electrons. The Morgan fingerprint density at radius 3 is 3.11 bits per heavy atom. The van der Waals surface area contributed by atoms with Crippen LogP contribution in [-0.4, -0.2) is 35.5 Å². The number of rotatable bonds is 4. The third-order valence-electron chi connectivity index (χ3n) is 3.85. The Kier molecular flexibility index (Phi) is 4.91. The molecule has 1 aromatic rings. The normalized spacial score (nSPS) is 20.2. The monoisotopic (exact) mass is 262 g/mol. The molecular weight excluding hydrogens is 240 g/mol. The Morgan fingerprint density at radius 1 is 1.53 bits per heavy atom. The molecule has 1 aromatic heterocycles. The number of aromatic nitrogens is 1. The summed E-state index contributed by atoms with van der Waals surface area (Å²) >= 11 is 0. The highest BCUT2D eigenvalue weighted by Gasteiger charge is 2.25. The second-order valence-electron chi connectivity index (χ2n) is 5.17. The first-order chi connectivity index (χ1) is 9.20. The van der Waals surface area contributed by atoms with Crippen LogP contribution in [0.4, 0.5) is 0 Å². The summed E-state index contributed by atoms with van der Waals surface area (Å²) in [6.45, 7) is 3.95. The van der Waals surface area contributed by atoms with Gasteiger partial charge in [0.05, 0.1) is 19.2 Å². The van der Waals surface area contributed by atoms with Crippen molar-refractivity contribution in [1.82, 2.24) is 9.88 Å². The summed E-state index contributed by atoms with van der Waals surface area (Å²) in [5.41, 5.74) is 2.32. The molecule has 0 radical (unpaired) electrons. The number of ether oxygens (including phenoxy) is 1. The van der Waals surface area contributed by atoms with Crippen molar-refractivity contribution in [3.05, 3.63) is 29.6 Å². The Balaban J connectivity index is 2.03. The van der Waals surface area contributed by atoms with E-state index in [2.05, 4.69) is 22.9 Å². The molecule has 1 unspecified atom stereocenters. The van der Waals surface area contributed by atoms with Crippen molar-refractivity contribution in [1.29, 1.82) is 0 Å². The van der Waals surface area contributed by atoms with E-state index >= 15 is 0 Å². The van der Waals surface area contributed by atoms with Crippen LogP contribution < -0.4 is 0 Å². The predicted molar refractivity (Wildman–Crippen MR) is 73.7 cm³/mol. The van der Waals surface area contributed by atoms with Crippen LogP contribution in [0.5, 0.6) is 0 Å². The van der Waals surface area contributed by atoms with Gasteiger partial charge < -0.3 is 4.74 Å². The molecule has 0 amide bonds. The molecule has 0 bridgehead atoms. The third-order valence-corrected chi connectivity index (χ3v) is 3.85. The summed E-state index contributed by atoms with van der Waals surface area (Å²) in [6.07, 6.45) is 5.79. The van der Waals surface area contributed by atoms with Crippen LogP contribution in [0.25, 0.3) is 0 Å². The van der Waals surface area contributed by atoms with Gasteiger partial charge in [0.15, 0.2) is 0 Å². The van der Waals surface area contributed by atoms with Crippen molar-refractivity contribution in [2.75, 3.05) is 13.7 Å². The molecule has 1 saturated heterocycles. The van der Waals surface area contributed by atoms with Crippen LogP contribution in [0.3, 0.4) is 0 Å². The first-order valence-corrected chi connectivity index (χ1v) is 6.92. The predicted octanol–water partition coefficient (Wildman–Crippen LogP) is 2.31. The van der Waals surface area contributed by atoms with Crippen molar-refractivity contribution >= 4 is 5.97 Å². The smallest absolute Gasteiger partial charge is 0.307 e. The number of carbonyl (C=O) groups excluding carboxylic acids is 1. The van der Waals surface area contributed by atoms with Crippen molar-refractivity contribution in [3.8, 4) is 0 Å². The molecule has 0 spiro atoms. The number of nitrogens with zero attached hydrogens (tertiary/aromatic N) is 2. The summed E-state index contributed by atoms with van der Waals surface area (Å²) in [6, 6.07) is 4.34. The third kappa shape index (κ3) is 3.77. The number of esters is 1. The molecule has 4 heteroatoms. The van der Waals surface area contributed by atoms with Gasteiger partial charge in [-0.05, 0) is 37.9 Å². The molecule has 19 heavy (non-hydrogen) atoms. The Labute approximate surface area is 114 Å². The first kappa shape index (κ1) is 14.0. The van der Waals surface area contributed by atoms with E-state index in [1.165, 1.54) is 25.5 Å². The van der Waals surface area contributed by atoms with E-state index in [0.29, 0.717) is 12.5 Å². The fourth-order valence-electron chi connectivity index (χ4n) is 2.65. The fourth-order valence-corrected chi connectivity index (χ4v) is 2.65. The maximum absolute atomic E-state index is 11.5. The molecule has 1 aliphatic heterocycles. The molecule has 1 atom stereocenters. The lowest BCUT2D eigenvalue weighted by atomic mass is 9.98. The van der Waals surface area contributed by atoms with Crippen LogP contribution in [-0.2, 0) is 16.1 Å². The number of aryl methyl sites for hydroxylation is 1. The zero-order valence-corrected chi connectivity index (χ0v) is 11.8. The summed E-state index contributed by atoms with van der Waals surface area (Å²) in [7, 11) is 1.46. The van der Waals surface area contributed by atoms with E-state index in [1.807, 2.05) is 12.3 Å². The number of hydrogen-bond donors (Lipinski definition) is 0. The van der Waals surface area contributed by atoms with Gasteiger partial charge in [-0.1, -0.05) is 12.5 Å². The van der Waals surface area contributed by atoms with Gasteiger partial charge >= 0.3 is 5.97 Å². The van der Waals surface area contributed by atoms with Crippen molar-refractivity contribution < 1.29 is 9.53 Å². The minimum Gasteiger partial charge on any atom is -0.469 e. The largest absolute Gasteiger partial charge is 0.469 e. The average molecular weight is 262 g/mol. The molecule has 2 heterocycles. The topological polar surface area (TPSA) is 42.4 Å². The standard InChI is InChI=1S/C15H22N2O2/c1-12-6-5-8-16-14(12)11-17-9-4-3-7-13(17)10-15(18)19-2/h5-6,8,13H,3-4,7,9-11H2,1-2H3. The zero-order valence-electron chi connectivity index (χ0n) is 11.8. The van der Waals surface area contributed by atoms with Crippen LogP contribution in [0, 0.1) is 6.92 Å². The van der Waals surface area contributed by atoms with Crippen LogP contribution in [0.15, 0.2) is 18.3 Å². The van der Waals surface area contributed by atoms with Crippen LogP contribution >= 0.6 is 0 Å². The van der Waals surface area contributed by atoms with Gasteiger partial charge in [0.2, 0.25) is 0 Å². The zero-order chi connectivity index (χ0) is 13.7. The van der Waals surface area contributed by atoms with Gasteiger partial charge in [-0.2, -0.15) is 0 Å². The minimum absolute atomic E-state index is 0.116. The molecular formula is C15H22N2O2. The Morgan fingerprint density at radius 2 is 2.37 bits per heavy atom. The van der Waals surface area contributed by atoms with E-state index in [9.17, 15) is 4.79 Å². The lowest BCUT2D eigenvalue weighted by Gasteiger charge is -2.35. The fraction of sp³-hybridized carbons (Fsp3) is 0.600. The molecule has 0 N–H and O–H groups in total. The number of hydrogen-bond acceptors (Lipinski definition) is 4. The lowest BCUT2D eigenvalue weighted by Crippen LogP contribution is -2.40. The highest BCUT2D eigenvalue weighted by atomic mass is 16.5. The number of likely N-dealkylation sites (tertiary alicyclic amines) is 1. The number of pyridine rings is 1. The SMILES string of the molecule is COC(=O)CC1CCCCN1Cc1ncccc1C. The quantitative estimate of drug-likeness (QED) is 0.781. The number of methoxy groups -OCH3 is 1. The molecule has 0 aromatic carbocycles. The van der Waals surface area contributed by atoms with Gasteiger partial charge in [0.1, 0.15) is 0 Å². The van der Waals surface area contributed by atoms with E-state index in [0.717, 1.165) is 25.2 Å². The number of piperidine rings is 1. The molecule has 0 aliphatic carbocycles. The minimum atomic E-state index is -0.116. The summed E-state index contributed by atoms with van der Waals surface area (Å²) in [4.78, 5) is 18.3. The number of carbonyl (C=O) groups is 1. The lowest BCUT2D eigenvalue weighted by molar-refractivity contribution is -0.142. The van der Waals surface area contributed by atoms with E-state index in [1.54, 1.807) is 0 Å². The average Bonchev–Trinajstić information content (AvgIpc) is 2.43. The molecule has 1 aliphatic rings. The molecule has 4 nitrogen and oxygen atoms in total. The molecule has 0 saturated carbocycles. The maximum Gasteiger partial charge on any atom is 0.307 e. The highest BCUT2D eigenvalue weighted by Crippen LogP contribution is 2.22. The van der Waals surface area contributed by atoms with E-state index < -0.39 is 0 Å². The van der Waals surface area contributed by atoms with Gasteiger partial charge in [-0.3, -0.25) is 14.7 Å². The van der Waals surface area contributed by atoms with Crippen molar-refractivity contribution in [3.63, 3.8) is 0 Å². The van der Waals surface area contributed by atoms with Crippen molar-refractivity contribution in [2.45, 2.75) is 45.2 Å². The summed E-state index contributed by atoms with van der Waals surface area (Å²) in [5, 5.41) is 0. The van der Waals surface area contributed by atoms with Gasteiger partial charge in [0, 0.05) is 18.8 Å². The Bertz CT molecular complexity index is 434. The molecule has 1 fully saturated rings.